The fraction of sp³-hybridized carbons (Fsp3) is 0.267. The van der Waals surface area contributed by atoms with Crippen LogP contribution >= 0.6 is 27.3 Å². The van der Waals surface area contributed by atoms with Gasteiger partial charge < -0.3 is 0 Å². The van der Waals surface area contributed by atoms with Crippen molar-refractivity contribution in [3.63, 3.8) is 0 Å². The summed E-state index contributed by atoms with van der Waals surface area (Å²) >= 11 is 5.03. The highest BCUT2D eigenvalue weighted by atomic mass is 79.9. The second-order valence-corrected chi connectivity index (χ2v) is 7.06. The normalized spacial score (nSPS) is 14.7. The van der Waals surface area contributed by atoms with Crippen LogP contribution in [0.5, 0.6) is 0 Å². The molecule has 0 bridgehead atoms. The Balaban J connectivity index is 1.87. The molecule has 4 rings (SSSR count). The lowest BCUT2D eigenvalue weighted by Gasteiger charge is -2.09. The zero-order chi connectivity index (χ0) is 13.7. The predicted molar refractivity (Wildman–Crippen MR) is 82.8 cm³/mol. The number of thiazole rings is 1. The van der Waals surface area contributed by atoms with Crippen LogP contribution in [0.4, 0.5) is 4.39 Å². The van der Waals surface area contributed by atoms with Gasteiger partial charge in [-0.05, 0) is 43.9 Å². The van der Waals surface area contributed by atoms with E-state index in [1.54, 1.807) is 17.4 Å². The lowest BCUT2D eigenvalue weighted by Crippen LogP contribution is -2.01. The third-order valence-corrected chi connectivity index (χ3v) is 5.43. The van der Waals surface area contributed by atoms with Gasteiger partial charge in [0, 0.05) is 26.8 Å². The molecule has 1 aliphatic rings. The van der Waals surface area contributed by atoms with E-state index in [1.165, 1.54) is 29.5 Å². The van der Waals surface area contributed by atoms with Gasteiger partial charge >= 0.3 is 0 Å². The molecule has 20 heavy (non-hydrogen) atoms. The lowest BCUT2D eigenvalue weighted by atomic mass is 10.0. The second kappa shape index (κ2) is 4.67. The van der Waals surface area contributed by atoms with Gasteiger partial charge in [0.25, 0.3) is 0 Å². The van der Waals surface area contributed by atoms with E-state index < -0.39 is 0 Å². The summed E-state index contributed by atoms with van der Waals surface area (Å²) < 4.78 is 16.9. The van der Waals surface area contributed by atoms with E-state index in [0.717, 1.165) is 28.0 Å². The summed E-state index contributed by atoms with van der Waals surface area (Å²) in [5.41, 5.74) is 2.65. The van der Waals surface area contributed by atoms with Crippen molar-refractivity contribution in [2.45, 2.75) is 25.7 Å². The summed E-state index contributed by atoms with van der Waals surface area (Å²) in [5, 5.41) is 0. The minimum atomic E-state index is -0.237. The van der Waals surface area contributed by atoms with Crippen LogP contribution < -0.4 is 0 Å². The first kappa shape index (κ1) is 12.5. The summed E-state index contributed by atoms with van der Waals surface area (Å²) in [5.74, 6) is -0.237. The molecule has 0 amide bonds. The second-order valence-electron chi connectivity index (χ2n) is 5.08. The largest absolute Gasteiger partial charge is 0.294 e. The SMILES string of the molecule is Fc1cc(Br)ccc1-c1cn2c3c(sc2n1)CCCC3. The van der Waals surface area contributed by atoms with Gasteiger partial charge in [0.15, 0.2) is 4.96 Å². The van der Waals surface area contributed by atoms with Crippen LogP contribution in [0, 0.1) is 5.82 Å². The minimum absolute atomic E-state index is 0.237. The van der Waals surface area contributed by atoms with Crippen molar-refractivity contribution in [2.75, 3.05) is 0 Å². The first-order valence-corrected chi connectivity index (χ1v) is 8.28. The standard InChI is InChI=1S/C15H12BrFN2S/c16-9-5-6-10(11(17)7-9)12-8-19-13-3-1-2-4-14(13)20-15(19)18-12/h5-8H,1-4H2. The molecule has 0 saturated carbocycles. The quantitative estimate of drug-likeness (QED) is 0.613. The smallest absolute Gasteiger partial charge is 0.194 e. The van der Waals surface area contributed by atoms with Crippen molar-refractivity contribution in [2.24, 2.45) is 0 Å². The number of benzene rings is 1. The maximum Gasteiger partial charge on any atom is 0.194 e. The van der Waals surface area contributed by atoms with Crippen molar-refractivity contribution in [1.82, 2.24) is 9.38 Å². The van der Waals surface area contributed by atoms with Crippen molar-refractivity contribution in [3.8, 4) is 11.3 Å². The average molecular weight is 351 g/mol. The number of imidazole rings is 1. The van der Waals surface area contributed by atoms with Crippen LogP contribution in [-0.4, -0.2) is 9.38 Å². The zero-order valence-electron chi connectivity index (χ0n) is 10.7. The van der Waals surface area contributed by atoms with Crippen LogP contribution in [0.3, 0.4) is 0 Å². The Kier molecular flexibility index (Phi) is 2.93. The first-order valence-electron chi connectivity index (χ1n) is 6.67. The fourth-order valence-corrected chi connectivity index (χ4v) is 4.32. The first-order chi connectivity index (χ1) is 9.72. The van der Waals surface area contributed by atoms with E-state index in [-0.39, 0.29) is 5.82 Å². The molecule has 2 nitrogen and oxygen atoms in total. The molecule has 0 unspecified atom stereocenters. The molecule has 2 heterocycles. The summed E-state index contributed by atoms with van der Waals surface area (Å²) in [6.45, 7) is 0. The molecule has 1 aliphatic carbocycles. The van der Waals surface area contributed by atoms with E-state index in [1.807, 2.05) is 12.3 Å². The van der Waals surface area contributed by atoms with E-state index in [2.05, 4.69) is 25.3 Å². The molecule has 3 aromatic rings. The number of aryl methyl sites for hydroxylation is 2. The Morgan fingerprint density at radius 1 is 1.25 bits per heavy atom. The molecule has 0 saturated heterocycles. The molecule has 0 N–H and O–H groups in total. The number of fused-ring (bicyclic) bond motifs is 3. The molecule has 0 spiro atoms. The average Bonchev–Trinajstić information content (AvgIpc) is 2.96. The van der Waals surface area contributed by atoms with Crippen molar-refractivity contribution in [3.05, 3.63) is 45.3 Å². The van der Waals surface area contributed by atoms with E-state index in [0.29, 0.717) is 5.56 Å². The third-order valence-electron chi connectivity index (χ3n) is 3.78. The van der Waals surface area contributed by atoms with Crippen LogP contribution in [0.25, 0.3) is 16.2 Å². The number of hydrogen-bond acceptors (Lipinski definition) is 2. The van der Waals surface area contributed by atoms with Crippen molar-refractivity contribution < 1.29 is 4.39 Å². The van der Waals surface area contributed by atoms with Gasteiger partial charge in [-0.2, -0.15) is 0 Å². The van der Waals surface area contributed by atoms with E-state index in [4.69, 9.17) is 0 Å². The Labute approximate surface area is 128 Å². The van der Waals surface area contributed by atoms with Crippen LogP contribution in [0.15, 0.2) is 28.9 Å². The molecule has 0 aliphatic heterocycles. The van der Waals surface area contributed by atoms with Gasteiger partial charge in [0.2, 0.25) is 0 Å². The van der Waals surface area contributed by atoms with Crippen LogP contribution in [0.2, 0.25) is 0 Å². The van der Waals surface area contributed by atoms with Crippen molar-refractivity contribution >= 4 is 32.2 Å². The zero-order valence-corrected chi connectivity index (χ0v) is 13.1. The molecule has 0 fully saturated rings. The molecule has 0 atom stereocenters. The lowest BCUT2D eigenvalue weighted by molar-refractivity contribution is 0.630. The van der Waals surface area contributed by atoms with Gasteiger partial charge in [0.1, 0.15) is 5.82 Å². The van der Waals surface area contributed by atoms with Gasteiger partial charge in [-0.25, -0.2) is 9.37 Å². The van der Waals surface area contributed by atoms with Gasteiger partial charge in [0.05, 0.1) is 5.69 Å². The van der Waals surface area contributed by atoms with E-state index in [9.17, 15) is 4.39 Å². The maximum atomic E-state index is 14.0. The number of halogens is 2. The van der Waals surface area contributed by atoms with Gasteiger partial charge in [-0.1, -0.05) is 15.9 Å². The molecular weight excluding hydrogens is 339 g/mol. The molecule has 1 aromatic carbocycles. The molecule has 102 valence electrons. The Hall–Kier alpha value is -1.20. The van der Waals surface area contributed by atoms with Crippen LogP contribution in [-0.2, 0) is 12.8 Å². The van der Waals surface area contributed by atoms with Crippen molar-refractivity contribution in [1.29, 1.82) is 0 Å². The van der Waals surface area contributed by atoms with Crippen LogP contribution in [0.1, 0.15) is 23.4 Å². The molecular formula is C15H12BrFN2S. The highest BCUT2D eigenvalue weighted by Crippen LogP contribution is 2.33. The maximum absolute atomic E-state index is 14.0. The number of hydrogen-bond donors (Lipinski definition) is 0. The fourth-order valence-electron chi connectivity index (χ4n) is 2.79. The van der Waals surface area contributed by atoms with Gasteiger partial charge in [-0.3, -0.25) is 4.40 Å². The highest BCUT2D eigenvalue weighted by Gasteiger charge is 2.19. The Morgan fingerprint density at radius 3 is 2.95 bits per heavy atom. The van der Waals surface area contributed by atoms with E-state index >= 15 is 0 Å². The van der Waals surface area contributed by atoms with Gasteiger partial charge in [-0.15, -0.1) is 11.3 Å². The topological polar surface area (TPSA) is 17.3 Å². The summed E-state index contributed by atoms with van der Waals surface area (Å²) in [6, 6.07) is 5.11. The molecule has 0 radical (unpaired) electrons. The number of aromatic nitrogens is 2. The minimum Gasteiger partial charge on any atom is -0.294 e. The Morgan fingerprint density at radius 2 is 2.10 bits per heavy atom. The summed E-state index contributed by atoms with van der Waals surface area (Å²) in [4.78, 5) is 7.03. The number of rotatable bonds is 1. The molecule has 5 heteroatoms. The predicted octanol–water partition coefficient (Wildman–Crippen LogP) is 4.84. The molecule has 2 aromatic heterocycles. The monoisotopic (exact) mass is 350 g/mol. The third kappa shape index (κ3) is 1.91. The Bertz CT molecular complexity index is 806. The highest BCUT2D eigenvalue weighted by molar-refractivity contribution is 9.10. The summed E-state index contributed by atoms with van der Waals surface area (Å²) in [6.07, 6.45) is 6.74. The number of nitrogens with zero attached hydrogens (tertiary/aromatic N) is 2. The summed E-state index contributed by atoms with van der Waals surface area (Å²) in [7, 11) is 0.